The van der Waals surface area contributed by atoms with E-state index in [1.807, 2.05) is 12.1 Å². The molecule has 3 heteroatoms. The maximum atomic E-state index is 6.07. The zero-order chi connectivity index (χ0) is 37.2. The second kappa shape index (κ2) is 12.9. The van der Waals surface area contributed by atoms with Crippen LogP contribution in [0.1, 0.15) is 0 Å². The number of nitrogens with zero attached hydrogens (tertiary/aromatic N) is 2. The standard InChI is InChI=1S/C53H36N2O/c1-54-50-33-41(35-10-3-2-4-11-35)24-29-48(50)55(49-30-25-42(34-51(49)54)45-16-9-13-39-12-5-6-14-44(39)45)43-27-22-37(23-28-43)36-18-20-38(21-19-36)40-26-31-53-47(32-40)46-15-7-8-17-52(46)56-53/h2-34H,1H3. The fraction of sp³-hybridized carbons (Fsp3) is 0.0189. The maximum Gasteiger partial charge on any atom is 0.135 e. The number of hydrogen-bond donors (Lipinski definition) is 0. The zero-order valence-corrected chi connectivity index (χ0v) is 30.9. The summed E-state index contributed by atoms with van der Waals surface area (Å²) in [6, 6.07) is 72.2. The Balaban J connectivity index is 0.969. The van der Waals surface area contributed by atoms with Gasteiger partial charge in [0, 0.05) is 23.5 Å². The lowest BCUT2D eigenvalue weighted by Gasteiger charge is -2.39. The molecule has 0 saturated carbocycles. The monoisotopic (exact) mass is 716 g/mol. The molecule has 0 saturated heterocycles. The van der Waals surface area contributed by atoms with Crippen LogP contribution in [-0.2, 0) is 0 Å². The molecular formula is C53H36N2O. The van der Waals surface area contributed by atoms with E-state index in [1.54, 1.807) is 0 Å². The largest absolute Gasteiger partial charge is 0.456 e. The first-order valence-electron chi connectivity index (χ1n) is 19.1. The van der Waals surface area contributed by atoms with E-state index in [0.717, 1.165) is 50.4 Å². The summed E-state index contributed by atoms with van der Waals surface area (Å²) in [7, 11) is 2.19. The molecule has 1 aliphatic rings. The summed E-state index contributed by atoms with van der Waals surface area (Å²) in [5.74, 6) is 0. The molecule has 56 heavy (non-hydrogen) atoms. The van der Waals surface area contributed by atoms with E-state index in [2.05, 4.69) is 205 Å². The Morgan fingerprint density at radius 2 is 0.857 bits per heavy atom. The first kappa shape index (κ1) is 32.1. The highest BCUT2D eigenvalue weighted by Gasteiger charge is 2.29. The van der Waals surface area contributed by atoms with Gasteiger partial charge in [-0.2, -0.15) is 0 Å². The third-order valence-electron chi connectivity index (χ3n) is 11.4. The minimum absolute atomic E-state index is 0.916. The summed E-state index contributed by atoms with van der Waals surface area (Å²) >= 11 is 0. The Morgan fingerprint density at radius 1 is 0.339 bits per heavy atom. The summed E-state index contributed by atoms with van der Waals surface area (Å²) < 4.78 is 6.07. The quantitative estimate of drug-likeness (QED) is 0.177. The molecule has 9 aromatic carbocycles. The van der Waals surface area contributed by atoms with Gasteiger partial charge in [0.2, 0.25) is 0 Å². The van der Waals surface area contributed by atoms with Crippen LogP contribution in [0.15, 0.2) is 205 Å². The molecule has 10 aromatic rings. The average Bonchev–Trinajstić information content (AvgIpc) is 3.65. The molecule has 1 aliphatic heterocycles. The number of fused-ring (bicyclic) bond motifs is 6. The highest BCUT2D eigenvalue weighted by Crippen LogP contribution is 2.53. The Morgan fingerprint density at radius 3 is 1.62 bits per heavy atom. The molecule has 3 nitrogen and oxygen atoms in total. The van der Waals surface area contributed by atoms with Crippen LogP contribution in [0.2, 0.25) is 0 Å². The van der Waals surface area contributed by atoms with Crippen molar-refractivity contribution in [3.8, 4) is 44.5 Å². The van der Waals surface area contributed by atoms with Crippen LogP contribution in [0.3, 0.4) is 0 Å². The lowest BCUT2D eigenvalue weighted by atomic mass is 9.95. The summed E-state index contributed by atoms with van der Waals surface area (Å²) in [5, 5.41) is 4.79. The molecule has 11 rings (SSSR count). The lowest BCUT2D eigenvalue weighted by molar-refractivity contribution is 0.669. The fourth-order valence-electron chi connectivity index (χ4n) is 8.52. The van der Waals surface area contributed by atoms with Crippen LogP contribution >= 0.6 is 0 Å². The summed E-state index contributed by atoms with van der Waals surface area (Å²) in [6.07, 6.45) is 0. The Kier molecular flexibility index (Phi) is 7.39. The van der Waals surface area contributed by atoms with Gasteiger partial charge in [0.1, 0.15) is 11.2 Å². The minimum atomic E-state index is 0.916. The molecule has 0 bridgehead atoms. The van der Waals surface area contributed by atoms with Gasteiger partial charge >= 0.3 is 0 Å². The molecular weight excluding hydrogens is 681 g/mol. The Hall–Kier alpha value is -7.36. The summed E-state index contributed by atoms with van der Waals surface area (Å²) in [5.41, 5.74) is 17.1. The van der Waals surface area contributed by atoms with E-state index < -0.39 is 0 Å². The summed E-state index contributed by atoms with van der Waals surface area (Å²) in [4.78, 5) is 4.76. The van der Waals surface area contributed by atoms with Crippen LogP contribution in [0, 0.1) is 0 Å². The van der Waals surface area contributed by atoms with Crippen molar-refractivity contribution in [2.45, 2.75) is 0 Å². The van der Waals surface area contributed by atoms with Crippen LogP contribution < -0.4 is 9.80 Å². The predicted molar refractivity (Wildman–Crippen MR) is 236 cm³/mol. The third kappa shape index (κ3) is 5.28. The number of furan rings is 1. The van der Waals surface area contributed by atoms with Gasteiger partial charge in [-0.3, -0.25) is 0 Å². The normalized spacial score (nSPS) is 12.3. The lowest BCUT2D eigenvalue weighted by Crippen LogP contribution is -2.24. The zero-order valence-electron chi connectivity index (χ0n) is 30.9. The van der Waals surface area contributed by atoms with E-state index in [-0.39, 0.29) is 0 Å². The van der Waals surface area contributed by atoms with Crippen molar-refractivity contribution in [1.82, 2.24) is 0 Å². The van der Waals surface area contributed by atoms with E-state index in [9.17, 15) is 0 Å². The summed E-state index contributed by atoms with van der Waals surface area (Å²) in [6.45, 7) is 0. The van der Waals surface area contributed by atoms with Gasteiger partial charge in [-0.15, -0.1) is 0 Å². The fourth-order valence-corrected chi connectivity index (χ4v) is 8.52. The molecule has 0 radical (unpaired) electrons. The van der Waals surface area contributed by atoms with Gasteiger partial charge < -0.3 is 14.2 Å². The van der Waals surface area contributed by atoms with Crippen LogP contribution in [0.25, 0.3) is 77.2 Å². The SMILES string of the molecule is CN1c2cc(-c3ccccc3)ccc2N(c2ccc(-c3ccc(-c4ccc5oc6ccccc6c5c4)cc3)cc2)c2ccc(-c3cccc4ccccc34)cc21. The molecule has 0 aliphatic carbocycles. The molecule has 1 aromatic heterocycles. The highest BCUT2D eigenvalue weighted by molar-refractivity contribution is 6.06. The highest BCUT2D eigenvalue weighted by atomic mass is 16.3. The van der Waals surface area contributed by atoms with Crippen molar-refractivity contribution in [3.05, 3.63) is 200 Å². The first-order chi connectivity index (χ1) is 27.7. The second-order valence-corrected chi connectivity index (χ2v) is 14.6. The van der Waals surface area contributed by atoms with E-state index >= 15 is 0 Å². The van der Waals surface area contributed by atoms with Crippen LogP contribution in [0.5, 0.6) is 0 Å². The van der Waals surface area contributed by atoms with Gasteiger partial charge in [0.25, 0.3) is 0 Å². The number of para-hydroxylation sites is 1. The van der Waals surface area contributed by atoms with Crippen LogP contribution in [0.4, 0.5) is 28.4 Å². The average molecular weight is 717 g/mol. The van der Waals surface area contributed by atoms with Gasteiger partial charge in [0.15, 0.2) is 0 Å². The van der Waals surface area contributed by atoms with Crippen molar-refractivity contribution in [2.75, 3.05) is 16.8 Å². The van der Waals surface area contributed by atoms with E-state index in [4.69, 9.17) is 4.42 Å². The van der Waals surface area contributed by atoms with Gasteiger partial charge in [-0.1, -0.05) is 146 Å². The van der Waals surface area contributed by atoms with Gasteiger partial charge in [-0.05, 0) is 110 Å². The van der Waals surface area contributed by atoms with Crippen molar-refractivity contribution in [1.29, 1.82) is 0 Å². The maximum absolute atomic E-state index is 6.07. The number of hydrogen-bond acceptors (Lipinski definition) is 3. The number of benzene rings is 9. The van der Waals surface area contributed by atoms with Crippen molar-refractivity contribution < 1.29 is 4.42 Å². The molecule has 0 N–H and O–H groups in total. The molecule has 264 valence electrons. The van der Waals surface area contributed by atoms with Crippen LogP contribution in [-0.4, -0.2) is 7.05 Å². The van der Waals surface area contributed by atoms with Crippen molar-refractivity contribution in [2.24, 2.45) is 0 Å². The number of rotatable bonds is 5. The third-order valence-corrected chi connectivity index (χ3v) is 11.4. The molecule has 0 unspecified atom stereocenters. The van der Waals surface area contributed by atoms with Gasteiger partial charge in [0.05, 0.1) is 22.7 Å². The Labute approximate surface area is 325 Å². The number of anilines is 5. The molecule has 0 spiro atoms. The minimum Gasteiger partial charge on any atom is -0.456 e. The smallest absolute Gasteiger partial charge is 0.135 e. The van der Waals surface area contributed by atoms with Gasteiger partial charge in [-0.25, -0.2) is 0 Å². The van der Waals surface area contributed by atoms with E-state index in [1.165, 1.54) is 55.3 Å². The predicted octanol–water partition coefficient (Wildman–Crippen LogP) is 15.0. The second-order valence-electron chi connectivity index (χ2n) is 14.6. The van der Waals surface area contributed by atoms with Crippen molar-refractivity contribution >= 4 is 61.1 Å². The molecule has 0 atom stereocenters. The molecule has 0 amide bonds. The molecule has 2 heterocycles. The molecule has 0 fully saturated rings. The topological polar surface area (TPSA) is 19.6 Å². The first-order valence-corrected chi connectivity index (χ1v) is 19.1. The Bertz CT molecular complexity index is 3080. The van der Waals surface area contributed by atoms with E-state index in [0.29, 0.717) is 0 Å². The van der Waals surface area contributed by atoms with Crippen molar-refractivity contribution in [3.63, 3.8) is 0 Å².